The number of amides is 1. The van der Waals surface area contributed by atoms with E-state index in [-0.39, 0.29) is 23.6 Å². The maximum atomic E-state index is 11.6. The molecule has 1 saturated carbocycles. The molecular weight excluding hydrogens is 318 g/mol. The van der Waals surface area contributed by atoms with Crippen molar-refractivity contribution in [2.24, 2.45) is 11.5 Å². The van der Waals surface area contributed by atoms with Gasteiger partial charge in [-0.3, -0.25) is 4.79 Å². The fourth-order valence-corrected chi connectivity index (χ4v) is 2.92. The number of aryl methyl sites for hydroxylation is 1. The number of nitrogens with one attached hydrogen (secondary N) is 2. The van der Waals surface area contributed by atoms with Gasteiger partial charge in [0.1, 0.15) is 0 Å². The van der Waals surface area contributed by atoms with Crippen molar-refractivity contribution in [2.75, 3.05) is 10.6 Å². The second kappa shape index (κ2) is 7.43. The molecule has 0 unspecified atom stereocenters. The summed E-state index contributed by atoms with van der Waals surface area (Å²) in [5.74, 6) is -0.0734. The number of carbonyl (C=O) groups excluding carboxylic acids is 1. The first-order chi connectivity index (χ1) is 12.0. The number of carbonyl (C=O) groups is 1. The minimum atomic E-state index is -0.685. The minimum Gasteiger partial charge on any atom is -0.364 e. The van der Waals surface area contributed by atoms with Gasteiger partial charge in [0, 0.05) is 17.8 Å². The van der Waals surface area contributed by atoms with Gasteiger partial charge in [0.2, 0.25) is 5.95 Å². The van der Waals surface area contributed by atoms with E-state index < -0.39 is 5.91 Å². The second-order valence-corrected chi connectivity index (χ2v) is 6.39. The Morgan fingerprint density at radius 3 is 2.56 bits per heavy atom. The van der Waals surface area contributed by atoms with E-state index in [2.05, 4.69) is 25.8 Å². The lowest BCUT2D eigenvalue weighted by Gasteiger charge is -2.29. The van der Waals surface area contributed by atoms with Crippen molar-refractivity contribution in [3.63, 3.8) is 0 Å². The van der Waals surface area contributed by atoms with Crippen LogP contribution in [0, 0.1) is 6.92 Å². The lowest BCUT2D eigenvalue weighted by atomic mass is 9.91. The molecule has 1 heterocycles. The highest BCUT2D eigenvalue weighted by Crippen LogP contribution is 2.22. The molecule has 2 aromatic rings. The predicted octanol–water partition coefficient (Wildman–Crippen LogP) is 1.70. The summed E-state index contributed by atoms with van der Waals surface area (Å²) in [6.07, 6.45) is 4.19. The average molecular weight is 341 g/mol. The fourth-order valence-electron chi connectivity index (χ4n) is 2.92. The summed E-state index contributed by atoms with van der Waals surface area (Å²) in [6, 6.07) is 7.87. The standard InChI is InChI=1S/C17H23N7O/c1-10-6-8-11(9-7-10)20-16-14(15(19)25)23-24-17(22-16)21-13-5-3-2-4-12(13)18/h6-9,12-13H,2-5,18H2,1H3,(H2,19,25)(H2,20,21,22,24)/t12-,13+/m0/s1. The first-order valence-corrected chi connectivity index (χ1v) is 8.43. The van der Waals surface area contributed by atoms with E-state index in [1.165, 1.54) is 0 Å². The lowest BCUT2D eigenvalue weighted by Crippen LogP contribution is -2.43. The minimum absolute atomic E-state index is 0.000863. The number of hydrogen-bond acceptors (Lipinski definition) is 7. The summed E-state index contributed by atoms with van der Waals surface area (Å²) < 4.78 is 0. The van der Waals surface area contributed by atoms with Crippen LogP contribution < -0.4 is 22.1 Å². The van der Waals surface area contributed by atoms with Crippen LogP contribution in [-0.4, -0.2) is 33.2 Å². The molecule has 1 aliphatic carbocycles. The van der Waals surface area contributed by atoms with Gasteiger partial charge in [-0.25, -0.2) is 0 Å². The first kappa shape index (κ1) is 17.1. The van der Waals surface area contributed by atoms with Crippen molar-refractivity contribution in [3.05, 3.63) is 35.5 Å². The van der Waals surface area contributed by atoms with Gasteiger partial charge in [-0.1, -0.05) is 30.5 Å². The molecule has 1 aromatic heterocycles. The maximum absolute atomic E-state index is 11.6. The number of rotatable bonds is 5. The molecule has 8 heteroatoms. The maximum Gasteiger partial charge on any atom is 0.273 e. The van der Waals surface area contributed by atoms with E-state index in [9.17, 15) is 4.79 Å². The third-order valence-corrected chi connectivity index (χ3v) is 4.37. The quantitative estimate of drug-likeness (QED) is 0.650. The Morgan fingerprint density at radius 1 is 1.16 bits per heavy atom. The van der Waals surface area contributed by atoms with Crippen LogP contribution in [0.15, 0.2) is 24.3 Å². The SMILES string of the molecule is Cc1ccc(Nc2nc(N[C@@H]3CCCC[C@@H]3N)nnc2C(N)=O)cc1. The number of primary amides is 1. The largest absolute Gasteiger partial charge is 0.364 e. The number of nitrogens with zero attached hydrogens (tertiary/aromatic N) is 3. The van der Waals surface area contributed by atoms with E-state index in [1.807, 2.05) is 31.2 Å². The van der Waals surface area contributed by atoms with Crippen molar-refractivity contribution < 1.29 is 4.79 Å². The summed E-state index contributed by atoms with van der Waals surface area (Å²) >= 11 is 0. The van der Waals surface area contributed by atoms with Crippen molar-refractivity contribution >= 4 is 23.4 Å². The molecule has 0 spiro atoms. The van der Waals surface area contributed by atoms with E-state index in [0.29, 0.717) is 5.95 Å². The number of anilines is 3. The molecule has 8 nitrogen and oxygen atoms in total. The van der Waals surface area contributed by atoms with Crippen LogP contribution in [0.5, 0.6) is 0 Å². The lowest BCUT2D eigenvalue weighted by molar-refractivity contribution is 0.0995. The summed E-state index contributed by atoms with van der Waals surface area (Å²) in [4.78, 5) is 16.0. The Bertz CT molecular complexity index is 747. The highest BCUT2D eigenvalue weighted by atomic mass is 16.1. The summed E-state index contributed by atoms with van der Waals surface area (Å²) in [5, 5.41) is 14.2. The van der Waals surface area contributed by atoms with E-state index >= 15 is 0 Å². The predicted molar refractivity (Wildman–Crippen MR) is 96.7 cm³/mol. The fraction of sp³-hybridized carbons (Fsp3) is 0.412. The van der Waals surface area contributed by atoms with Gasteiger partial charge in [-0.2, -0.15) is 4.98 Å². The zero-order valence-electron chi connectivity index (χ0n) is 14.2. The van der Waals surface area contributed by atoms with E-state index in [0.717, 1.165) is 36.9 Å². The molecule has 2 atom stereocenters. The number of hydrogen-bond donors (Lipinski definition) is 4. The van der Waals surface area contributed by atoms with Gasteiger partial charge < -0.3 is 22.1 Å². The van der Waals surface area contributed by atoms with Gasteiger partial charge in [-0.05, 0) is 31.9 Å². The Kier molecular flexibility index (Phi) is 5.08. The normalized spacial score (nSPS) is 20.1. The van der Waals surface area contributed by atoms with Crippen LogP contribution in [0.2, 0.25) is 0 Å². The smallest absolute Gasteiger partial charge is 0.273 e. The summed E-state index contributed by atoms with van der Waals surface area (Å²) in [5.41, 5.74) is 13.5. The molecule has 25 heavy (non-hydrogen) atoms. The summed E-state index contributed by atoms with van der Waals surface area (Å²) in [7, 11) is 0. The first-order valence-electron chi connectivity index (χ1n) is 8.43. The van der Waals surface area contributed by atoms with Crippen LogP contribution in [-0.2, 0) is 0 Å². The third kappa shape index (κ3) is 4.21. The van der Waals surface area contributed by atoms with Gasteiger partial charge in [0.05, 0.1) is 0 Å². The van der Waals surface area contributed by atoms with Crippen LogP contribution >= 0.6 is 0 Å². The summed E-state index contributed by atoms with van der Waals surface area (Å²) in [6.45, 7) is 2.00. The Hall–Kier alpha value is -2.74. The van der Waals surface area contributed by atoms with E-state index in [4.69, 9.17) is 11.5 Å². The zero-order valence-corrected chi connectivity index (χ0v) is 14.2. The van der Waals surface area contributed by atoms with Crippen LogP contribution in [0.4, 0.5) is 17.5 Å². The van der Waals surface area contributed by atoms with Crippen LogP contribution in [0.1, 0.15) is 41.7 Å². The molecule has 1 aliphatic rings. The molecule has 132 valence electrons. The molecule has 0 bridgehead atoms. The molecule has 1 amide bonds. The Balaban J connectivity index is 1.83. The topological polar surface area (TPSA) is 132 Å². The average Bonchev–Trinajstić information content (AvgIpc) is 2.59. The van der Waals surface area contributed by atoms with E-state index in [1.54, 1.807) is 0 Å². The molecule has 6 N–H and O–H groups in total. The Morgan fingerprint density at radius 2 is 1.88 bits per heavy atom. The molecule has 0 radical (unpaired) electrons. The molecule has 0 saturated heterocycles. The van der Waals surface area contributed by atoms with Crippen molar-refractivity contribution in [1.29, 1.82) is 0 Å². The molecular formula is C17H23N7O. The van der Waals surface area contributed by atoms with Crippen molar-refractivity contribution in [2.45, 2.75) is 44.7 Å². The molecule has 3 rings (SSSR count). The highest BCUT2D eigenvalue weighted by molar-refractivity contribution is 5.96. The third-order valence-electron chi connectivity index (χ3n) is 4.37. The van der Waals surface area contributed by atoms with Gasteiger partial charge in [0.25, 0.3) is 5.91 Å². The van der Waals surface area contributed by atoms with Crippen molar-refractivity contribution in [1.82, 2.24) is 15.2 Å². The van der Waals surface area contributed by atoms with Crippen molar-refractivity contribution in [3.8, 4) is 0 Å². The Labute approximate surface area is 146 Å². The molecule has 1 fully saturated rings. The number of aromatic nitrogens is 3. The molecule has 0 aliphatic heterocycles. The van der Waals surface area contributed by atoms with Crippen LogP contribution in [0.25, 0.3) is 0 Å². The zero-order chi connectivity index (χ0) is 17.8. The van der Waals surface area contributed by atoms with Gasteiger partial charge >= 0.3 is 0 Å². The van der Waals surface area contributed by atoms with Gasteiger partial charge in [-0.15, -0.1) is 10.2 Å². The van der Waals surface area contributed by atoms with Crippen LogP contribution in [0.3, 0.4) is 0 Å². The molecule has 1 aromatic carbocycles. The second-order valence-electron chi connectivity index (χ2n) is 6.39. The monoisotopic (exact) mass is 341 g/mol. The highest BCUT2D eigenvalue weighted by Gasteiger charge is 2.23. The van der Waals surface area contributed by atoms with Gasteiger partial charge in [0.15, 0.2) is 11.5 Å². The number of nitrogens with two attached hydrogens (primary N) is 2. The number of benzene rings is 1.